The van der Waals surface area contributed by atoms with Gasteiger partial charge in [-0.3, -0.25) is 4.79 Å². The average molecular weight is 258 g/mol. The van der Waals surface area contributed by atoms with Gasteiger partial charge in [-0.25, -0.2) is 0 Å². The molecule has 0 unspecified atom stereocenters. The van der Waals surface area contributed by atoms with E-state index in [1.807, 2.05) is 44.2 Å². The second kappa shape index (κ2) is 6.05. The molecule has 2 rings (SSSR count). The highest BCUT2D eigenvalue weighted by Gasteiger charge is 2.27. The maximum atomic E-state index is 12.2. The van der Waals surface area contributed by atoms with Gasteiger partial charge in [0.2, 0.25) is 0 Å². The van der Waals surface area contributed by atoms with E-state index in [0.29, 0.717) is 5.92 Å². The lowest BCUT2D eigenvalue weighted by atomic mass is 10.00. The van der Waals surface area contributed by atoms with Crippen LogP contribution in [0.25, 0.3) is 0 Å². The zero-order chi connectivity index (χ0) is 13.7. The molecule has 0 radical (unpaired) electrons. The quantitative estimate of drug-likeness (QED) is 0.741. The first-order valence-corrected chi connectivity index (χ1v) is 7.04. The Kier molecular flexibility index (Phi) is 4.41. The highest BCUT2D eigenvalue weighted by Crippen LogP contribution is 2.26. The van der Waals surface area contributed by atoms with Gasteiger partial charge >= 0.3 is 0 Å². The molecule has 102 valence electrons. The summed E-state index contributed by atoms with van der Waals surface area (Å²) < 4.78 is 5.78. The third kappa shape index (κ3) is 3.95. The van der Waals surface area contributed by atoms with E-state index in [2.05, 4.69) is 6.08 Å². The van der Waals surface area contributed by atoms with Gasteiger partial charge < -0.3 is 4.74 Å². The van der Waals surface area contributed by atoms with E-state index < -0.39 is 5.60 Å². The summed E-state index contributed by atoms with van der Waals surface area (Å²) in [6, 6.07) is 9.49. The summed E-state index contributed by atoms with van der Waals surface area (Å²) >= 11 is 0. The summed E-state index contributed by atoms with van der Waals surface area (Å²) in [5.41, 5.74) is -0.809. The number of hydrogen-bond acceptors (Lipinski definition) is 2. The van der Waals surface area contributed by atoms with E-state index in [4.69, 9.17) is 4.74 Å². The summed E-state index contributed by atoms with van der Waals surface area (Å²) in [6.45, 7) is 3.64. The molecule has 1 saturated carbocycles. The minimum absolute atomic E-state index is 0.0308. The first-order chi connectivity index (χ1) is 9.08. The van der Waals surface area contributed by atoms with Gasteiger partial charge in [-0.1, -0.05) is 37.1 Å². The van der Waals surface area contributed by atoms with Crippen molar-refractivity contribution in [2.24, 2.45) is 5.92 Å². The zero-order valence-corrected chi connectivity index (χ0v) is 11.8. The van der Waals surface area contributed by atoms with Gasteiger partial charge in [-0.15, -0.1) is 0 Å². The normalized spacial score (nSPS) is 16.9. The van der Waals surface area contributed by atoms with Crippen molar-refractivity contribution in [1.82, 2.24) is 0 Å². The van der Waals surface area contributed by atoms with Crippen LogP contribution in [-0.2, 0) is 4.79 Å². The van der Waals surface area contributed by atoms with Gasteiger partial charge in [0.25, 0.3) is 0 Å². The van der Waals surface area contributed by atoms with Crippen LogP contribution in [0.1, 0.15) is 39.5 Å². The van der Waals surface area contributed by atoms with Crippen LogP contribution in [0, 0.1) is 5.92 Å². The van der Waals surface area contributed by atoms with Crippen molar-refractivity contribution in [2.45, 2.75) is 45.1 Å². The van der Waals surface area contributed by atoms with Gasteiger partial charge in [0.15, 0.2) is 11.4 Å². The number of rotatable bonds is 5. The molecule has 2 nitrogen and oxygen atoms in total. The Hall–Kier alpha value is -1.57. The number of carbonyl (C=O) groups excluding carboxylic acids is 1. The fourth-order valence-corrected chi connectivity index (χ4v) is 2.41. The van der Waals surface area contributed by atoms with E-state index >= 15 is 0 Å². The molecular formula is C17H22O2. The van der Waals surface area contributed by atoms with Gasteiger partial charge in [-0.2, -0.15) is 0 Å². The molecule has 0 saturated heterocycles. The van der Waals surface area contributed by atoms with Crippen molar-refractivity contribution in [3.05, 3.63) is 42.5 Å². The maximum Gasteiger partial charge on any atom is 0.198 e. The number of allylic oxidation sites excluding steroid dienone is 1. The Labute approximate surface area is 115 Å². The predicted molar refractivity (Wildman–Crippen MR) is 77.3 cm³/mol. The fourth-order valence-electron chi connectivity index (χ4n) is 2.41. The third-order valence-electron chi connectivity index (χ3n) is 3.63. The van der Waals surface area contributed by atoms with Gasteiger partial charge in [-0.05, 0) is 50.8 Å². The molecule has 1 aliphatic rings. The smallest absolute Gasteiger partial charge is 0.198 e. The number of benzene rings is 1. The van der Waals surface area contributed by atoms with Crippen LogP contribution < -0.4 is 4.74 Å². The van der Waals surface area contributed by atoms with Crippen molar-refractivity contribution in [2.75, 3.05) is 0 Å². The molecule has 0 aliphatic heterocycles. The lowest BCUT2D eigenvalue weighted by Gasteiger charge is -2.23. The number of carbonyl (C=O) groups is 1. The standard InChI is InChI=1S/C17H22O2/c1-17(2,19-15-10-4-3-5-11-15)16(18)13-12-14-8-6-7-9-14/h3-5,10-14H,6-9H2,1-2H3/b13-12+. The van der Waals surface area contributed by atoms with Crippen LogP contribution in [-0.4, -0.2) is 11.4 Å². The number of ether oxygens (including phenoxy) is 1. The first kappa shape index (κ1) is 13.9. The summed E-state index contributed by atoms with van der Waals surface area (Å²) in [5.74, 6) is 1.34. The minimum atomic E-state index is -0.809. The molecule has 0 heterocycles. The Balaban J connectivity index is 1.96. The van der Waals surface area contributed by atoms with Crippen molar-refractivity contribution in [3.63, 3.8) is 0 Å². The molecule has 19 heavy (non-hydrogen) atoms. The molecule has 0 amide bonds. The largest absolute Gasteiger partial charge is 0.480 e. The summed E-state index contributed by atoms with van der Waals surface area (Å²) in [5, 5.41) is 0. The van der Waals surface area contributed by atoms with Crippen molar-refractivity contribution < 1.29 is 9.53 Å². The van der Waals surface area contributed by atoms with E-state index in [0.717, 1.165) is 5.75 Å². The van der Waals surface area contributed by atoms with Crippen LogP contribution in [0.3, 0.4) is 0 Å². The van der Waals surface area contributed by atoms with Gasteiger partial charge in [0.1, 0.15) is 5.75 Å². The van der Waals surface area contributed by atoms with E-state index in [1.165, 1.54) is 25.7 Å². The van der Waals surface area contributed by atoms with E-state index in [-0.39, 0.29) is 5.78 Å². The van der Waals surface area contributed by atoms with E-state index in [1.54, 1.807) is 6.08 Å². The molecule has 0 atom stereocenters. The lowest BCUT2D eigenvalue weighted by molar-refractivity contribution is -0.126. The Morgan fingerprint density at radius 2 is 1.84 bits per heavy atom. The summed E-state index contributed by atoms with van der Waals surface area (Å²) in [7, 11) is 0. The predicted octanol–water partition coefficient (Wildman–Crippen LogP) is 4.16. The lowest BCUT2D eigenvalue weighted by Crippen LogP contribution is -2.37. The Bertz CT molecular complexity index is 440. The molecule has 0 bridgehead atoms. The molecule has 1 aromatic carbocycles. The molecule has 1 aliphatic carbocycles. The fraction of sp³-hybridized carbons (Fsp3) is 0.471. The molecule has 0 N–H and O–H groups in total. The van der Waals surface area contributed by atoms with Crippen LogP contribution in [0.15, 0.2) is 42.5 Å². The molecule has 2 heteroatoms. The maximum absolute atomic E-state index is 12.2. The molecule has 0 spiro atoms. The second-order valence-electron chi connectivity index (χ2n) is 5.69. The number of para-hydroxylation sites is 1. The van der Waals surface area contributed by atoms with Crippen LogP contribution in [0.2, 0.25) is 0 Å². The molecular weight excluding hydrogens is 236 g/mol. The second-order valence-corrected chi connectivity index (χ2v) is 5.69. The van der Waals surface area contributed by atoms with Gasteiger partial charge in [0.05, 0.1) is 0 Å². The van der Waals surface area contributed by atoms with Gasteiger partial charge in [0, 0.05) is 0 Å². The zero-order valence-electron chi connectivity index (χ0n) is 11.8. The number of hydrogen-bond donors (Lipinski definition) is 0. The molecule has 0 aromatic heterocycles. The monoisotopic (exact) mass is 258 g/mol. The van der Waals surface area contributed by atoms with E-state index in [9.17, 15) is 4.79 Å². The molecule has 1 aromatic rings. The third-order valence-corrected chi connectivity index (χ3v) is 3.63. The minimum Gasteiger partial charge on any atom is -0.480 e. The first-order valence-electron chi connectivity index (χ1n) is 7.04. The Morgan fingerprint density at radius 3 is 2.47 bits per heavy atom. The van der Waals surface area contributed by atoms with Crippen molar-refractivity contribution in [3.8, 4) is 5.75 Å². The highest BCUT2D eigenvalue weighted by molar-refractivity contribution is 5.96. The van der Waals surface area contributed by atoms with Crippen molar-refractivity contribution >= 4 is 5.78 Å². The topological polar surface area (TPSA) is 26.3 Å². The average Bonchev–Trinajstić information content (AvgIpc) is 2.89. The van der Waals surface area contributed by atoms with Crippen LogP contribution >= 0.6 is 0 Å². The highest BCUT2D eigenvalue weighted by atomic mass is 16.5. The molecule has 1 fully saturated rings. The SMILES string of the molecule is CC(C)(Oc1ccccc1)C(=O)/C=C/C1CCCC1. The number of ketones is 1. The van der Waals surface area contributed by atoms with Crippen LogP contribution in [0.5, 0.6) is 5.75 Å². The summed E-state index contributed by atoms with van der Waals surface area (Å²) in [4.78, 5) is 12.2. The summed E-state index contributed by atoms with van der Waals surface area (Å²) in [6.07, 6.45) is 8.76. The van der Waals surface area contributed by atoms with Crippen molar-refractivity contribution in [1.29, 1.82) is 0 Å². The van der Waals surface area contributed by atoms with Crippen LogP contribution in [0.4, 0.5) is 0 Å². The Morgan fingerprint density at radius 1 is 1.21 bits per heavy atom.